The zero-order valence-corrected chi connectivity index (χ0v) is 51.9. The molecule has 2 saturated heterocycles. The highest BCUT2D eigenvalue weighted by Gasteiger charge is 2.42. The number of carbonyl (C=O) groups excluding carboxylic acids is 12. The number of hydrogen-bond acceptors (Lipinski definition) is 17. The molecular weight excluding hydrogens is 1220 g/mol. The van der Waals surface area contributed by atoms with Crippen molar-refractivity contribution in [3.63, 3.8) is 0 Å². The molecule has 1 aromatic rings. The molecule has 11 atom stereocenters. The molecule has 0 bridgehead atoms. The summed E-state index contributed by atoms with van der Waals surface area (Å²) < 4.78 is 31.7. The van der Waals surface area contributed by atoms with Crippen LogP contribution in [-0.4, -0.2) is 208 Å². The van der Waals surface area contributed by atoms with Crippen molar-refractivity contribution in [2.24, 2.45) is 23.3 Å². The fourth-order valence-corrected chi connectivity index (χ4v) is 9.64. The van der Waals surface area contributed by atoms with Crippen molar-refractivity contribution in [1.82, 2.24) is 58.1 Å². The van der Waals surface area contributed by atoms with E-state index < -0.39 is 169 Å². The Balaban J connectivity index is 0.00000371. The number of hydrogen-bond donors (Lipinski definition) is 15. The number of rotatable bonds is 36. The molecule has 2 heterocycles. The van der Waals surface area contributed by atoms with Gasteiger partial charge in [0.05, 0.1) is 19.6 Å². The Morgan fingerprint density at radius 1 is 0.722 bits per heavy atom. The van der Waals surface area contributed by atoms with Gasteiger partial charge in [0.25, 0.3) is 0 Å². The third kappa shape index (κ3) is 27.3. The van der Waals surface area contributed by atoms with Crippen molar-refractivity contribution in [3.8, 4) is 0 Å². The molecule has 90 heavy (non-hydrogen) atoms. The molecular formula is C56H86F3N13O17S. The zero-order chi connectivity index (χ0) is 68.0. The number of likely N-dealkylation sites (tertiary alicyclic amines) is 1. The summed E-state index contributed by atoms with van der Waals surface area (Å²) in [5.74, 6) is -13.8. The summed E-state index contributed by atoms with van der Waals surface area (Å²) in [6.45, 7) is 7.18. The highest BCUT2D eigenvalue weighted by Crippen LogP contribution is 2.22. The number of nitrogens with two attached hydrogens (primary N) is 2. The van der Waals surface area contributed by atoms with E-state index in [9.17, 15) is 85.7 Å². The van der Waals surface area contributed by atoms with E-state index in [-0.39, 0.29) is 76.3 Å². The van der Waals surface area contributed by atoms with Crippen LogP contribution in [-0.2, 0) is 73.5 Å². The second kappa shape index (κ2) is 39.1. The maximum atomic E-state index is 14.2. The first kappa shape index (κ1) is 78.0. The number of carboxylic acid groups (broad SMARTS) is 2. The summed E-state index contributed by atoms with van der Waals surface area (Å²) in [5.41, 5.74) is 11.8. The van der Waals surface area contributed by atoms with Crippen LogP contribution in [0.5, 0.6) is 0 Å². The van der Waals surface area contributed by atoms with E-state index in [1.165, 1.54) is 23.6 Å². The van der Waals surface area contributed by atoms with Crippen LogP contribution in [0, 0.1) is 11.8 Å². The van der Waals surface area contributed by atoms with Crippen molar-refractivity contribution < 1.29 is 95.6 Å². The predicted molar refractivity (Wildman–Crippen MR) is 317 cm³/mol. The summed E-state index contributed by atoms with van der Waals surface area (Å²) >= 11 is 1.46. The fraction of sp³-hybridized carbons (Fsp3) is 0.643. The van der Waals surface area contributed by atoms with Gasteiger partial charge in [-0.15, -0.1) is 0 Å². The van der Waals surface area contributed by atoms with Crippen LogP contribution < -0.4 is 64.6 Å². The van der Waals surface area contributed by atoms with Gasteiger partial charge in [-0.2, -0.15) is 24.9 Å². The predicted octanol–water partition coefficient (Wildman–Crippen LogP) is -2.93. The molecule has 3 rings (SSSR count). The SMILES string of the molecule is CCC(C)C(NC(=O)C(Cc1ccccc1)NC(=O)C(C)NC(=O)C(CC(=O)O)NC(=O)C(CCCCN)NC(=O)C(CO)NC(=O)C1CCCN1C(=O)C1CCC(=O)N1)C(=O)NCC(=O)NC(CC(C)C)C(=O)NC(CCSC)C(N)=O.O=C(O)C(F)(F)F. The van der Waals surface area contributed by atoms with Crippen LogP contribution in [0.1, 0.15) is 111 Å². The molecule has 0 aromatic heterocycles. The molecule has 11 unspecified atom stereocenters. The molecule has 2 fully saturated rings. The maximum Gasteiger partial charge on any atom is 0.490 e. The molecule has 17 N–H and O–H groups in total. The molecule has 12 amide bonds. The standard InChI is InChI=1S/C54H85N13O15S.C2HF3O2/c1-7-30(4)44(53(81)57-27-42(70)60-36(24-29(2)3)49(77)61-33(45(56)73)20-23-83-6)66-50(78)37(25-32-14-9-8-10-15-32)63-46(74)31(5)58-48(76)38(26-43(71)72)64-47(75)34(16-11-12-21-55)62-51(79)39(28-68)65-52(80)40-17-13-22-67(40)54(82)35-18-19-41(69)59-35;3-2(4,5)1(6)7/h8-10,14-15,29-31,33-40,44,68H,7,11-13,16-28,55H2,1-6H3,(H2,56,73)(H,57,81)(H,58,76)(H,59,69)(H,60,70)(H,61,77)(H,62,79)(H,63,74)(H,64,75)(H,65,80)(H,66,78)(H,71,72);(H,6,7). The number of aliphatic carboxylic acids is 2. The van der Waals surface area contributed by atoms with E-state index >= 15 is 0 Å². The largest absolute Gasteiger partial charge is 0.490 e. The van der Waals surface area contributed by atoms with E-state index in [0.717, 1.165) is 0 Å². The number of aliphatic hydroxyl groups is 1. The van der Waals surface area contributed by atoms with Gasteiger partial charge in [-0.25, -0.2) is 4.79 Å². The lowest BCUT2D eigenvalue weighted by atomic mass is 9.97. The summed E-state index contributed by atoms with van der Waals surface area (Å²) in [7, 11) is 0. The number of nitrogens with zero attached hydrogens (tertiary/aromatic N) is 1. The van der Waals surface area contributed by atoms with Crippen molar-refractivity contribution in [2.75, 3.05) is 38.2 Å². The molecule has 0 aliphatic carbocycles. The summed E-state index contributed by atoms with van der Waals surface area (Å²) in [5, 5.41) is 52.2. The maximum absolute atomic E-state index is 14.2. The summed E-state index contributed by atoms with van der Waals surface area (Å²) in [6.07, 6.45) is -1.96. The number of primary amides is 1. The Labute approximate surface area is 522 Å². The van der Waals surface area contributed by atoms with Crippen molar-refractivity contribution >= 4 is 94.6 Å². The molecule has 34 heteroatoms. The Bertz CT molecular complexity index is 2660. The van der Waals surface area contributed by atoms with Crippen molar-refractivity contribution in [2.45, 2.75) is 178 Å². The molecule has 1 aromatic carbocycles. The smallest absolute Gasteiger partial charge is 0.481 e. The molecule has 0 saturated carbocycles. The van der Waals surface area contributed by atoms with E-state index in [1.54, 1.807) is 44.2 Å². The lowest BCUT2D eigenvalue weighted by Gasteiger charge is -2.28. The van der Waals surface area contributed by atoms with Gasteiger partial charge in [-0.1, -0.05) is 64.4 Å². The first-order valence-corrected chi connectivity index (χ1v) is 30.6. The zero-order valence-electron chi connectivity index (χ0n) is 51.0. The number of nitrogens with one attached hydrogen (secondary N) is 10. The molecule has 504 valence electrons. The Kier molecular flexibility index (Phi) is 33.9. The van der Waals surface area contributed by atoms with Gasteiger partial charge in [0, 0.05) is 19.4 Å². The monoisotopic (exact) mass is 1300 g/mol. The van der Waals surface area contributed by atoms with Gasteiger partial charge in [0.2, 0.25) is 70.9 Å². The van der Waals surface area contributed by atoms with E-state index in [2.05, 4.69) is 53.2 Å². The van der Waals surface area contributed by atoms with Crippen LogP contribution in [0.2, 0.25) is 0 Å². The van der Waals surface area contributed by atoms with E-state index in [4.69, 9.17) is 21.4 Å². The van der Waals surface area contributed by atoms with Gasteiger partial charge < -0.3 is 84.9 Å². The molecule has 30 nitrogen and oxygen atoms in total. The number of carboxylic acids is 2. The lowest BCUT2D eigenvalue weighted by Crippen LogP contribution is -2.61. The highest BCUT2D eigenvalue weighted by atomic mass is 32.2. The minimum atomic E-state index is -5.08. The fourth-order valence-electron chi connectivity index (χ4n) is 9.16. The van der Waals surface area contributed by atoms with Gasteiger partial charge in [0.15, 0.2) is 0 Å². The number of halogens is 3. The molecule has 2 aliphatic heterocycles. The van der Waals surface area contributed by atoms with Crippen LogP contribution in [0.4, 0.5) is 13.2 Å². The number of unbranched alkanes of at least 4 members (excludes halogenated alkanes) is 1. The first-order valence-electron chi connectivity index (χ1n) is 29.2. The van der Waals surface area contributed by atoms with Crippen LogP contribution >= 0.6 is 11.8 Å². The van der Waals surface area contributed by atoms with Crippen LogP contribution in [0.25, 0.3) is 0 Å². The second-order valence-electron chi connectivity index (χ2n) is 22.0. The van der Waals surface area contributed by atoms with Gasteiger partial charge in [0.1, 0.15) is 60.4 Å². The normalized spacial score (nSPS) is 17.5. The topological polar surface area (TPSA) is 475 Å². The molecule has 0 radical (unpaired) electrons. The van der Waals surface area contributed by atoms with Crippen LogP contribution in [0.15, 0.2) is 30.3 Å². The third-order valence-corrected chi connectivity index (χ3v) is 14.9. The quantitative estimate of drug-likeness (QED) is 0.0299. The third-order valence-electron chi connectivity index (χ3n) is 14.3. The first-order chi connectivity index (χ1) is 42.3. The van der Waals surface area contributed by atoms with Gasteiger partial charge >= 0.3 is 18.1 Å². The van der Waals surface area contributed by atoms with Crippen LogP contribution in [0.3, 0.4) is 0 Å². The van der Waals surface area contributed by atoms with Gasteiger partial charge in [-0.3, -0.25) is 62.3 Å². The van der Waals surface area contributed by atoms with Gasteiger partial charge in [-0.05, 0) is 94.2 Å². The average molecular weight is 1300 g/mol. The van der Waals surface area contributed by atoms with E-state index in [1.807, 2.05) is 20.1 Å². The summed E-state index contributed by atoms with van der Waals surface area (Å²) in [6, 6.07) is -4.53. The minimum absolute atomic E-state index is 0.0722. The molecule has 0 spiro atoms. The average Bonchev–Trinajstić information content (AvgIpc) is 1.87. The minimum Gasteiger partial charge on any atom is -0.481 e. The Morgan fingerprint density at radius 3 is 1.84 bits per heavy atom. The molecule has 2 aliphatic rings. The van der Waals surface area contributed by atoms with Crippen molar-refractivity contribution in [1.29, 1.82) is 0 Å². The number of amides is 12. The van der Waals surface area contributed by atoms with Crippen molar-refractivity contribution in [3.05, 3.63) is 35.9 Å². The second-order valence-corrected chi connectivity index (χ2v) is 23.0. The number of benzene rings is 1. The highest BCUT2D eigenvalue weighted by molar-refractivity contribution is 7.98. The number of carbonyl (C=O) groups is 14. The lowest BCUT2D eigenvalue weighted by molar-refractivity contribution is -0.192. The number of thioether (sulfide) groups is 1. The number of alkyl halides is 3. The Morgan fingerprint density at radius 2 is 1.30 bits per heavy atom. The summed E-state index contributed by atoms with van der Waals surface area (Å²) in [4.78, 5) is 182. The van der Waals surface area contributed by atoms with E-state index in [0.29, 0.717) is 30.6 Å². The Hall–Kier alpha value is -8.14. The number of aliphatic hydroxyl groups excluding tert-OH is 1.